The van der Waals surface area contributed by atoms with E-state index in [2.05, 4.69) is 32.9 Å². The van der Waals surface area contributed by atoms with Crippen molar-refractivity contribution in [3.63, 3.8) is 0 Å². The Morgan fingerprint density at radius 3 is 2.59 bits per heavy atom. The molecule has 0 radical (unpaired) electrons. The van der Waals surface area contributed by atoms with Crippen molar-refractivity contribution >= 4 is 5.97 Å². The minimum absolute atomic E-state index is 0.163. The molecular weight excluding hydrogens is 459 g/mol. The van der Waals surface area contributed by atoms with Crippen LogP contribution < -0.4 is 0 Å². The van der Waals surface area contributed by atoms with Crippen LogP contribution in [0.25, 0.3) is 0 Å². The number of alkyl halides is 1. The Morgan fingerprint density at radius 1 is 1.08 bits per heavy atom. The molecule has 0 saturated heterocycles. The van der Waals surface area contributed by atoms with Crippen molar-refractivity contribution in [2.45, 2.75) is 104 Å². The minimum atomic E-state index is -0.762. The lowest BCUT2D eigenvalue weighted by Gasteiger charge is -2.56. The Labute approximate surface area is 224 Å². The third kappa shape index (κ3) is 4.97. The van der Waals surface area contributed by atoms with E-state index in [-0.39, 0.29) is 11.4 Å². The predicted octanol–water partition coefficient (Wildman–Crippen LogP) is 9.12. The molecule has 1 aromatic rings. The normalized spacial score (nSPS) is 37.7. The summed E-state index contributed by atoms with van der Waals surface area (Å²) in [4.78, 5) is 12.6. The molecular formula is C34H47FO2. The van der Waals surface area contributed by atoms with Gasteiger partial charge in [-0.05, 0) is 129 Å². The fourth-order valence-electron chi connectivity index (χ4n) is 9.08. The zero-order chi connectivity index (χ0) is 26.4. The summed E-state index contributed by atoms with van der Waals surface area (Å²) in [7, 11) is 0. The van der Waals surface area contributed by atoms with E-state index in [1.807, 2.05) is 50.3 Å². The van der Waals surface area contributed by atoms with Crippen LogP contribution in [-0.4, -0.2) is 17.7 Å². The van der Waals surface area contributed by atoms with E-state index in [9.17, 15) is 9.18 Å². The van der Waals surface area contributed by atoms with Gasteiger partial charge in [0, 0.05) is 0 Å². The summed E-state index contributed by atoms with van der Waals surface area (Å²) >= 11 is 0. The molecule has 5 rings (SSSR count). The second-order valence-electron chi connectivity index (χ2n) is 13.9. The third-order valence-corrected chi connectivity index (χ3v) is 11.2. The van der Waals surface area contributed by atoms with Crippen LogP contribution in [0.2, 0.25) is 0 Å². The highest BCUT2D eigenvalue weighted by molar-refractivity contribution is 5.89. The smallest absolute Gasteiger partial charge is 0.338 e. The van der Waals surface area contributed by atoms with Crippen LogP contribution >= 0.6 is 0 Å². The zero-order valence-electron chi connectivity index (χ0n) is 23.6. The van der Waals surface area contributed by atoms with E-state index in [1.165, 1.54) is 37.7 Å². The van der Waals surface area contributed by atoms with Gasteiger partial charge in [-0.2, -0.15) is 0 Å². The maximum absolute atomic E-state index is 14.1. The number of carbonyl (C=O) groups is 1. The molecule has 4 aliphatic rings. The fourth-order valence-corrected chi connectivity index (χ4v) is 9.08. The number of allylic oxidation sites excluding steroid dienone is 4. The average molecular weight is 507 g/mol. The average Bonchev–Trinajstić information content (AvgIpc) is 3.22. The van der Waals surface area contributed by atoms with Crippen molar-refractivity contribution < 1.29 is 13.9 Å². The molecule has 0 unspecified atom stereocenters. The van der Waals surface area contributed by atoms with Gasteiger partial charge in [0.25, 0.3) is 0 Å². The quantitative estimate of drug-likeness (QED) is 0.345. The number of carbonyl (C=O) groups excluding carboxylic acids is 1. The number of hydrogen-bond donors (Lipinski definition) is 0. The van der Waals surface area contributed by atoms with E-state index >= 15 is 0 Å². The van der Waals surface area contributed by atoms with Crippen LogP contribution in [0.1, 0.15) is 103 Å². The first-order chi connectivity index (χ1) is 17.5. The van der Waals surface area contributed by atoms with Gasteiger partial charge in [-0.3, -0.25) is 0 Å². The van der Waals surface area contributed by atoms with Crippen molar-refractivity contribution in [3.05, 3.63) is 59.7 Å². The highest BCUT2D eigenvalue weighted by atomic mass is 19.1. The first-order valence-electron chi connectivity index (χ1n) is 14.9. The molecule has 0 N–H and O–H groups in total. The highest BCUT2D eigenvalue weighted by Gasteiger charge is 2.58. The summed E-state index contributed by atoms with van der Waals surface area (Å²) < 4.78 is 20.0. The van der Waals surface area contributed by atoms with Gasteiger partial charge in [-0.1, -0.05) is 57.5 Å². The first-order valence-corrected chi connectivity index (χ1v) is 14.9. The highest BCUT2D eigenvalue weighted by Crippen LogP contribution is 2.66. The monoisotopic (exact) mass is 506 g/mol. The van der Waals surface area contributed by atoms with Gasteiger partial charge in [0.1, 0.15) is 11.8 Å². The molecule has 37 heavy (non-hydrogen) atoms. The lowest BCUT2D eigenvalue weighted by molar-refractivity contribution is -0.0294. The standard InChI is InChI=1S/C34H47FO2/c1-23(10-9-19-32(2,3)37-31(36)24-11-7-6-8-12-24)28-15-16-29-27-14-13-25-22-26(35)17-20-33(25,4)30(27)18-21-34(28,29)5/h6-8,11-14,22-23,26-30H,9-10,15-21H2,1-5H3/t23-,26+,27+,28-,29+,30+,33+,34-/m1/s1. The summed E-state index contributed by atoms with van der Waals surface area (Å²) in [6, 6.07) is 9.30. The second kappa shape index (κ2) is 10.0. The number of fused-ring (bicyclic) bond motifs is 5. The Hall–Kier alpha value is -1.90. The Morgan fingerprint density at radius 2 is 1.84 bits per heavy atom. The molecule has 2 nitrogen and oxygen atoms in total. The Kier molecular flexibility index (Phi) is 7.22. The van der Waals surface area contributed by atoms with Crippen molar-refractivity contribution in [2.24, 2.45) is 40.4 Å². The number of hydrogen-bond acceptors (Lipinski definition) is 2. The number of halogens is 1. The van der Waals surface area contributed by atoms with Gasteiger partial charge < -0.3 is 4.74 Å². The number of ether oxygens (including phenoxy) is 1. The molecule has 0 spiro atoms. The molecule has 2 saturated carbocycles. The van der Waals surface area contributed by atoms with Crippen molar-refractivity contribution in [3.8, 4) is 0 Å². The molecule has 2 fully saturated rings. The van der Waals surface area contributed by atoms with Crippen LogP contribution in [0, 0.1) is 40.4 Å². The lowest BCUT2D eigenvalue weighted by Crippen LogP contribution is -2.49. The molecule has 4 aliphatic carbocycles. The van der Waals surface area contributed by atoms with Crippen LogP contribution in [0.3, 0.4) is 0 Å². The van der Waals surface area contributed by atoms with Crippen molar-refractivity contribution in [1.29, 1.82) is 0 Å². The molecule has 0 aliphatic heterocycles. The third-order valence-electron chi connectivity index (χ3n) is 11.2. The summed E-state index contributed by atoms with van der Waals surface area (Å²) in [6.07, 6.45) is 16.0. The van der Waals surface area contributed by atoms with Crippen molar-refractivity contribution in [1.82, 2.24) is 0 Å². The van der Waals surface area contributed by atoms with E-state index in [0.717, 1.165) is 31.1 Å². The maximum Gasteiger partial charge on any atom is 0.338 e. The molecule has 1 aromatic carbocycles. The Balaban J connectivity index is 1.19. The molecule has 8 atom stereocenters. The molecule has 0 heterocycles. The largest absolute Gasteiger partial charge is 0.456 e. The number of esters is 1. The molecule has 0 amide bonds. The van der Waals surface area contributed by atoms with Crippen molar-refractivity contribution in [2.75, 3.05) is 0 Å². The number of rotatable bonds is 7. The van der Waals surface area contributed by atoms with E-state index in [0.29, 0.717) is 35.2 Å². The predicted molar refractivity (Wildman–Crippen MR) is 149 cm³/mol. The van der Waals surface area contributed by atoms with Crippen LogP contribution in [0.15, 0.2) is 54.1 Å². The summed E-state index contributed by atoms with van der Waals surface area (Å²) in [6.45, 7) is 11.6. The topological polar surface area (TPSA) is 26.3 Å². The SMILES string of the molecule is C[C@H](CCCC(C)(C)OC(=O)c1ccccc1)[C@H]1CC[C@H]2[C@@H]3C=CC4=C[C@@H](F)CC[C@]4(C)[C@H]3CC[C@]12C. The van der Waals surface area contributed by atoms with Gasteiger partial charge in [-0.25, -0.2) is 9.18 Å². The van der Waals surface area contributed by atoms with Crippen LogP contribution in [0.5, 0.6) is 0 Å². The zero-order valence-corrected chi connectivity index (χ0v) is 23.6. The van der Waals surface area contributed by atoms with Gasteiger partial charge in [-0.15, -0.1) is 0 Å². The molecule has 3 heteroatoms. The minimum Gasteiger partial charge on any atom is -0.456 e. The maximum atomic E-state index is 14.1. The van der Waals surface area contributed by atoms with E-state index in [4.69, 9.17) is 4.74 Å². The van der Waals surface area contributed by atoms with E-state index in [1.54, 1.807) is 0 Å². The van der Waals surface area contributed by atoms with Gasteiger partial charge in [0.15, 0.2) is 0 Å². The first kappa shape index (κ1) is 26.7. The van der Waals surface area contributed by atoms with Gasteiger partial charge in [0.05, 0.1) is 5.56 Å². The number of benzene rings is 1. The lowest BCUT2D eigenvalue weighted by atomic mass is 9.48. The molecule has 0 bridgehead atoms. The summed E-state index contributed by atoms with van der Waals surface area (Å²) in [5, 5.41) is 0. The van der Waals surface area contributed by atoms with Gasteiger partial charge >= 0.3 is 5.97 Å². The fraction of sp³-hybridized carbons (Fsp3) is 0.676. The van der Waals surface area contributed by atoms with Crippen LogP contribution in [-0.2, 0) is 4.74 Å². The second-order valence-corrected chi connectivity index (χ2v) is 13.9. The van der Waals surface area contributed by atoms with E-state index < -0.39 is 11.8 Å². The molecule has 202 valence electrons. The van der Waals surface area contributed by atoms with Crippen LogP contribution in [0.4, 0.5) is 4.39 Å². The van der Waals surface area contributed by atoms with Gasteiger partial charge in [0.2, 0.25) is 0 Å². The Bertz CT molecular complexity index is 1040. The molecule has 0 aromatic heterocycles. The summed E-state index contributed by atoms with van der Waals surface area (Å²) in [5.74, 6) is 3.27. The summed E-state index contributed by atoms with van der Waals surface area (Å²) in [5.41, 5.74) is 1.99.